The maximum atomic E-state index is 12.2. The average molecular weight is 285 g/mol. The van der Waals surface area contributed by atoms with Crippen molar-refractivity contribution >= 4 is 11.8 Å². The number of hydrogen-bond donors (Lipinski definition) is 1. The summed E-state index contributed by atoms with van der Waals surface area (Å²) in [7, 11) is 1.62. The largest absolute Gasteiger partial charge is 0.497 e. The van der Waals surface area contributed by atoms with Crippen LogP contribution in [-0.2, 0) is 15.0 Å². The van der Waals surface area contributed by atoms with Crippen LogP contribution in [-0.4, -0.2) is 18.9 Å². The third kappa shape index (κ3) is 2.24. The van der Waals surface area contributed by atoms with Crippen LogP contribution in [0.15, 0.2) is 35.9 Å². The van der Waals surface area contributed by atoms with Crippen LogP contribution >= 0.6 is 0 Å². The number of nitrogens with one attached hydrogen (secondary N) is 1. The highest BCUT2D eigenvalue weighted by atomic mass is 16.5. The van der Waals surface area contributed by atoms with Gasteiger partial charge in [0.15, 0.2) is 0 Å². The number of amides is 2. The van der Waals surface area contributed by atoms with E-state index in [0.29, 0.717) is 12.3 Å². The second kappa shape index (κ2) is 5.02. The Morgan fingerprint density at radius 3 is 2.90 bits per heavy atom. The number of methoxy groups -OCH3 is 1. The van der Waals surface area contributed by atoms with Crippen molar-refractivity contribution < 1.29 is 14.3 Å². The molecule has 21 heavy (non-hydrogen) atoms. The molecule has 1 aromatic carbocycles. The Morgan fingerprint density at radius 2 is 2.14 bits per heavy atom. The van der Waals surface area contributed by atoms with Crippen molar-refractivity contribution in [3.05, 3.63) is 41.5 Å². The van der Waals surface area contributed by atoms with Crippen LogP contribution < -0.4 is 10.1 Å². The minimum Gasteiger partial charge on any atom is -0.497 e. The number of imide groups is 1. The number of piperidine rings is 1. The van der Waals surface area contributed by atoms with Crippen molar-refractivity contribution in [1.29, 1.82) is 0 Å². The number of benzene rings is 1. The van der Waals surface area contributed by atoms with Gasteiger partial charge in [-0.05, 0) is 36.5 Å². The summed E-state index contributed by atoms with van der Waals surface area (Å²) in [4.78, 5) is 24.2. The van der Waals surface area contributed by atoms with Crippen LogP contribution in [0.3, 0.4) is 0 Å². The molecule has 3 rings (SSSR count). The number of ether oxygens (including phenoxy) is 1. The molecule has 1 aliphatic carbocycles. The fourth-order valence-electron chi connectivity index (χ4n) is 3.59. The molecular weight excluding hydrogens is 266 g/mol. The van der Waals surface area contributed by atoms with Crippen molar-refractivity contribution in [1.82, 2.24) is 5.32 Å². The van der Waals surface area contributed by atoms with Crippen LogP contribution in [0.2, 0.25) is 0 Å². The van der Waals surface area contributed by atoms with Crippen molar-refractivity contribution in [2.24, 2.45) is 5.92 Å². The molecule has 0 spiro atoms. The van der Waals surface area contributed by atoms with E-state index in [4.69, 9.17) is 4.74 Å². The summed E-state index contributed by atoms with van der Waals surface area (Å²) in [6.07, 6.45) is 4.01. The smallest absolute Gasteiger partial charge is 0.254 e. The molecule has 2 aliphatic rings. The Morgan fingerprint density at radius 1 is 1.33 bits per heavy atom. The molecule has 1 saturated heterocycles. The molecular formula is C17H19NO3. The monoisotopic (exact) mass is 285 g/mol. The van der Waals surface area contributed by atoms with E-state index in [2.05, 4.69) is 12.2 Å². The molecule has 1 fully saturated rings. The van der Waals surface area contributed by atoms with E-state index in [0.717, 1.165) is 29.7 Å². The second-order valence-corrected chi connectivity index (χ2v) is 6.03. The number of carbonyl (C=O) groups excluding carboxylic acids is 2. The van der Waals surface area contributed by atoms with E-state index in [-0.39, 0.29) is 11.8 Å². The molecule has 110 valence electrons. The summed E-state index contributed by atoms with van der Waals surface area (Å²) < 4.78 is 5.30. The highest BCUT2D eigenvalue weighted by Crippen LogP contribution is 2.47. The first-order valence-corrected chi connectivity index (χ1v) is 7.24. The number of fused-ring (bicyclic) bond motifs is 1. The fourth-order valence-corrected chi connectivity index (χ4v) is 3.59. The van der Waals surface area contributed by atoms with E-state index in [1.54, 1.807) is 7.11 Å². The molecule has 1 N–H and O–H groups in total. The summed E-state index contributed by atoms with van der Waals surface area (Å²) >= 11 is 0. The molecule has 4 nitrogen and oxygen atoms in total. The lowest BCUT2D eigenvalue weighted by Gasteiger charge is -2.43. The molecule has 0 aromatic heterocycles. The Bertz CT molecular complexity index is 635. The summed E-state index contributed by atoms with van der Waals surface area (Å²) in [6, 6.07) is 7.72. The van der Waals surface area contributed by atoms with Gasteiger partial charge >= 0.3 is 0 Å². The molecule has 0 radical (unpaired) electrons. The maximum absolute atomic E-state index is 12.2. The van der Waals surface area contributed by atoms with Gasteiger partial charge < -0.3 is 4.74 Å². The Labute approximate surface area is 124 Å². The molecule has 0 bridgehead atoms. The van der Waals surface area contributed by atoms with Crippen molar-refractivity contribution in [3.63, 3.8) is 0 Å². The zero-order valence-electron chi connectivity index (χ0n) is 12.3. The average Bonchev–Trinajstić information content (AvgIpc) is 2.46. The number of carbonyl (C=O) groups is 2. The van der Waals surface area contributed by atoms with Crippen LogP contribution in [0.25, 0.3) is 0 Å². The van der Waals surface area contributed by atoms with Crippen LogP contribution in [0.5, 0.6) is 5.75 Å². The van der Waals surface area contributed by atoms with Gasteiger partial charge in [0.05, 0.1) is 7.11 Å². The molecule has 1 aliphatic heterocycles. The maximum Gasteiger partial charge on any atom is 0.254 e. The summed E-state index contributed by atoms with van der Waals surface area (Å²) in [5, 5.41) is 2.44. The van der Waals surface area contributed by atoms with Crippen molar-refractivity contribution in [2.75, 3.05) is 7.11 Å². The summed E-state index contributed by atoms with van der Waals surface area (Å²) in [5.74, 6) is 0.742. The normalized spacial score (nSPS) is 28.5. The van der Waals surface area contributed by atoms with Crippen LogP contribution in [0, 0.1) is 5.92 Å². The molecule has 0 saturated carbocycles. The molecule has 2 unspecified atom stereocenters. The Balaban J connectivity index is 2.16. The van der Waals surface area contributed by atoms with Gasteiger partial charge in [-0.3, -0.25) is 14.9 Å². The fraction of sp³-hybridized carbons (Fsp3) is 0.412. The highest BCUT2D eigenvalue weighted by Gasteiger charge is 2.47. The minimum absolute atomic E-state index is 0.200. The lowest BCUT2D eigenvalue weighted by Crippen LogP contribution is -2.51. The molecule has 1 aromatic rings. The lowest BCUT2D eigenvalue weighted by molar-refractivity contribution is -0.132. The van der Waals surface area contributed by atoms with Gasteiger partial charge in [0.1, 0.15) is 5.75 Å². The molecule has 2 amide bonds. The first kappa shape index (κ1) is 13.9. The predicted octanol–water partition coefficient (Wildman–Crippen LogP) is 2.34. The summed E-state index contributed by atoms with van der Waals surface area (Å²) in [6.45, 7) is 2.16. The zero-order chi connectivity index (χ0) is 15.0. The van der Waals surface area contributed by atoms with Gasteiger partial charge in [-0.2, -0.15) is 0 Å². The van der Waals surface area contributed by atoms with Gasteiger partial charge in [-0.15, -0.1) is 0 Å². The van der Waals surface area contributed by atoms with Gasteiger partial charge in [0, 0.05) is 17.4 Å². The second-order valence-electron chi connectivity index (χ2n) is 6.03. The number of hydrogen-bond acceptors (Lipinski definition) is 3. The van der Waals surface area contributed by atoms with Gasteiger partial charge in [0.2, 0.25) is 5.91 Å². The Hall–Kier alpha value is -2.10. The predicted molar refractivity (Wildman–Crippen MR) is 78.9 cm³/mol. The van der Waals surface area contributed by atoms with Crippen molar-refractivity contribution in [3.8, 4) is 5.75 Å². The Kier molecular flexibility index (Phi) is 3.32. The zero-order valence-corrected chi connectivity index (χ0v) is 12.3. The number of allylic oxidation sites excluding steroid dienone is 1. The van der Waals surface area contributed by atoms with E-state index in [1.165, 1.54) is 0 Å². The van der Waals surface area contributed by atoms with Gasteiger partial charge in [-0.1, -0.05) is 25.1 Å². The minimum atomic E-state index is -0.508. The van der Waals surface area contributed by atoms with E-state index in [9.17, 15) is 9.59 Å². The molecule has 4 heteroatoms. The SMILES string of the molecule is COc1cccc(C23CC(=O)NC(=O)C2=CCC(C)C3)c1. The van der Waals surface area contributed by atoms with Crippen LogP contribution in [0.4, 0.5) is 0 Å². The van der Waals surface area contributed by atoms with E-state index < -0.39 is 5.41 Å². The number of rotatable bonds is 2. The van der Waals surface area contributed by atoms with E-state index in [1.807, 2.05) is 30.3 Å². The highest BCUT2D eigenvalue weighted by molar-refractivity contribution is 6.10. The van der Waals surface area contributed by atoms with Gasteiger partial charge in [-0.25, -0.2) is 0 Å². The first-order chi connectivity index (χ1) is 10.0. The standard InChI is InChI=1S/C17H19NO3/c1-11-6-7-14-16(20)18-15(19)10-17(14,9-11)12-4-3-5-13(8-12)21-2/h3-5,7-8,11H,6,9-10H2,1-2H3,(H,18,19,20). The quantitative estimate of drug-likeness (QED) is 0.849. The third-order valence-electron chi connectivity index (χ3n) is 4.52. The third-order valence-corrected chi connectivity index (χ3v) is 4.52. The summed E-state index contributed by atoms with van der Waals surface area (Å²) in [5.41, 5.74) is 1.21. The first-order valence-electron chi connectivity index (χ1n) is 7.24. The molecule has 2 atom stereocenters. The van der Waals surface area contributed by atoms with E-state index >= 15 is 0 Å². The van der Waals surface area contributed by atoms with Gasteiger partial charge in [0.25, 0.3) is 5.91 Å². The lowest BCUT2D eigenvalue weighted by atomic mass is 9.61. The topological polar surface area (TPSA) is 55.4 Å². The van der Waals surface area contributed by atoms with Crippen molar-refractivity contribution in [2.45, 2.75) is 31.6 Å². The molecule has 1 heterocycles. The van der Waals surface area contributed by atoms with Crippen LogP contribution in [0.1, 0.15) is 31.7 Å².